The third kappa shape index (κ3) is 3.12. The lowest BCUT2D eigenvalue weighted by molar-refractivity contribution is -0.131. The minimum Gasteiger partial charge on any atom is -0.475 e. The van der Waals surface area contributed by atoms with Crippen LogP contribution in [-0.4, -0.2) is 27.3 Å². The van der Waals surface area contributed by atoms with Gasteiger partial charge in [0.2, 0.25) is 0 Å². The number of carboxylic acid groups (broad SMARTS) is 1. The molecular weight excluding hydrogens is 329 g/mol. The zero-order chi connectivity index (χ0) is 18.9. The molecule has 0 saturated heterocycles. The topological polar surface area (TPSA) is 112 Å². The third-order valence-corrected chi connectivity index (χ3v) is 3.91. The van der Waals surface area contributed by atoms with Crippen molar-refractivity contribution in [2.45, 2.75) is 13.8 Å². The summed E-state index contributed by atoms with van der Waals surface area (Å²) < 4.78 is 14.8. The van der Waals surface area contributed by atoms with Crippen LogP contribution in [0.4, 0.5) is 10.1 Å². The Bertz CT molecular complexity index is 954. The zero-order valence-electron chi connectivity index (χ0n) is 13.7. The number of amides is 1. The number of nitrogens with one attached hydrogen (secondary N) is 1. The Kier molecular flexibility index (Phi) is 4.70. The summed E-state index contributed by atoms with van der Waals surface area (Å²) in [4.78, 5) is 35.3. The first-order valence-corrected chi connectivity index (χ1v) is 7.13. The van der Waals surface area contributed by atoms with Gasteiger partial charge < -0.3 is 15.0 Å². The van der Waals surface area contributed by atoms with Crippen LogP contribution in [0, 0.1) is 31.0 Å². The number of hydrogen-bond donors (Lipinski definition) is 2. The Morgan fingerprint density at radius 3 is 2.48 bits per heavy atom. The normalized spacial score (nSPS) is 10.2. The van der Waals surface area contributed by atoms with Crippen molar-refractivity contribution in [2.24, 2.45) is 7.05 Å². The molecule has 7 nitrogen and oxygen atoms in total. The number of rotatable bonds is 4. The number of ketones is 1. The lowest BCUT2D eigenvalue weighted by Gasteiger charge is -2.08. The van der Waals surface area contributed by atoms with E-state index in [1.807, 2.05) is 0 Å². The van der Waals surface area contributed by atoms with E-state index in [9.17, 15) is 18.8 Å². The van der Waals surface area contributed by atoms with Gasteiger partial charge in [-0.15, -0.1) is 0 Å². The second-order valence-electron chi connectivity index (χ2n) is 5.39. The average molecular weight is 343 g/mol. The quantitative estimate of drug-likeness (QED) is 0.653. The first kappa shape index (κ1) is 17.9. The third-order valence-electron chi connectivity index (χ3n) is 3.91. The van der Waals surface area contributed by atoms with Crippen LogP contribution in [0.1, 0.15) is 37.7 Å². The zero-order valence-corrected chi connectivity index (χ0v) is 13.7. The van der Waals surface area contributed by atoms with Gasteiger partial charge in [-0.1, -0.05) is 0 Å². The van der Waals surface area contributed by atoms with Crippen LogP contribution < -0.4 is 5.32 Å². The van der Waals surface area contributed by atoms with Gasteiger partial charge in [-0.3, -0.25) is 9.59 Å². The number of hydrogen-bond acceptors (Lipinski definition) is 4. The minimum atomic E-state index is -1.61. The van der Waals surface area contributed by atoms with Crippen LogP contribution in [0.15, 0.2) is 18.2 Å². The summed E-state index contributed by atoms with van der Waals surface area (Å²) in [7, 11) is 1.53. The monoisotopic (exact) mass is 343 g/mol. The number of aliphatic carboxylic acids is 1. The first-order valence-electron chi connectivity index (χ1n) is 7.13. The van der Waals surface area contributed by atoms with Crippen LogP contribution in [0.2, 0.25) is 0 Å². The molecule has 0 radical (unpaired) electrons. The standard InChI is InChI=1S/C17H14FN3O4/c1-8-13(15(22)17(24)25)9(2)21(3)14(8)16(23)20-11-4-5-12(18)10(6-11)7-19/h4-6H,1-3H3,(H,20,23)(H,24,25). The van der Waals surface area contributed by atoms with Crippen molar-refractivity contribution in [1.82, 2.24) is 4.57 Å². The minimum absolute atomic E-state index is 0.0445. The molecule has 1 aromatic carbocycles. The second-order valence-corrected chi connectivity index (χ2v) is 5.39. The largest absolute Gasteiger partial charge is 0.475 e. The number of anilines is 1. The van der Waals surface area contributed by atoms with E-state index in [1.54, 1.807) is 6.07 Å². The van der Waals surface area contributed by atoms with Gasteiger partial charge in [0.25, 0.3) is 11.7 Å². The summed E-state index contributed by atoms with van der Waals surface area (Å²) in [6.07, 6.45) is 0. The molecule has 0 atom stereocenters. The number of carboxylic acids is 1. The number of nitriles is 1. The molecule has 0 aliphatic carbocycles. The van der Waals surface area contributed by atoms with Crippen molar-refractivity contribution < 1.29 is 23.9 Å². The molecule has 0 saturated carbocycles. The van der Waals surface area contributed by atoms with Crippen molar-refractivity contribution in [3.63, 3.8) is 0 Å². The number of Topliss-reactive ketones (excluding diaryl/α,β-unsaturated/α-hetero) is 1. The molecule has 2 rings (SSSR count). The summed E-state index contributed by atoms with van der Waals surface area (Å²) in [5, 5.41) is 20.3. The van der Waals surface area contributed by atoms with Crippen LogP contribution in [-0.2, 0) is 11.8 Å². The fourth-order valence-corrected chi connectivity index (χ4v) is 2.62. The highest BCUT2D eigenvalue weighted by Crippen LogP contribution is 2.23. The van der Waals surface area contributed by atoms with Gasteiger partial charge in [-0.25, -0.2) is 9.18 Å². The number of benzene rings is 1. The molecule has 0 aliphatic rings. The van der Waals surface area contributed by atoms with Crippen LogP contribution in [0.25, 0.3) is 0 Å². The summed E-state index contributed by atoms with van der Waals surface area (Å²) in [6.45, 7) is 3.01. The van der Waals surface area contributed by atoms with E-state index < -0.39 is 23.5 Å². The van der Waals surface area contributed by atoms with E-state index in [0.717, 1.165) is 6.07 Å². The maximum absolute atomic E-state index is 13.3. The summed E-state index contributed by atoms with van der Waals surface area (Å²) in [6, 6.07) is 5.20. The van der Waals surface area contributed by atoms with Gasteiger partial charge in [0.15, 0.2) is 0 Å². The van der Waals surface area contributed by atoms with E-state index in [0.29, 0.717) is 5.69 Å². The number of halogens is 1. The molecule has 128 valence electrons. The Morgan fingerprint density at radius 2 is 1.92 bits per heavy atom. The molecule has 0 aliphatic heterocycles. The molecule has 0 spiro atoms. The highest BCUT2D eigenvalue weighted by Gasteiger charge is 2.28. The summed E-state index contributed by atoms with van der Waals surface area (Å²) in [5.74, 6) is -4.03. The summed E-state index contributed by atoms with van der Waals surface area (Å²) >= 11 is 0. The van der Waals surface area contributed by atoms with Crippen molar-refractivity contribution >= 4 is 23.3 Å². The van der Waals surface area contributed by atoms with Crippen LogP contribution in [0.3, 0.4) is 0 Å². The fourth-order valence-electron chi connectivity index (χ4n) is 2.62. The summed E-state index contributed by atoms with van der Waals surface area (Å²) in [5.41, 5.74) is 0.605. The molecule has 0 bridgehead atoms. The molecular formula is C17H14FN3O4. The van der Waals surface area contributed by atoms with Gasteiger partial charge in [0.05, 0.1) is 11.1 Å². The SMILES string of the molecule is Cc1c(C(=O)C(=O)O)c(C)n(C)c1C(=O)Nc1ccc(F)c(C#N)c1. The highest BCUT2D eigenvalue weighted by atomic mass is 19.1. The number of nitrogens with zero attached hydrogens (tertiary/aromatic N) is 2. The molecule has 25 heavy (non-hydrogen) atoms. The van der Waals surface area contributed by atoms with E-state index >= 15 is 0 Å². The van der Waals surface area contributed by atoms with E-state index in [4.69, 9.17) is 10.4 Å². The predicted molar refractivity (Wildman–Crippen MR) is 85.9 cm³/mol. The Hall–Kier alpha value is -3.47. The lowest BCUT2D eigenvalue weighted by atomic mass is 10.1. The second kappa shape index (κ2) is 6.57. The Balaban J connectivity index is 2.44. The molecule has 0 fully saturated rings. The van der Waals surface area contributed by atoms with Crippen LogP contribution in [0.5, 0.6) is 0 Å². The molecule has 0 unspecified atom stereocenters. The van der Waals surface area contributed by atoms with Gasteiger partial charge >= 0.3 is 5.97 Å². The fraction of sp³-hybridized carbons (Fsp3) is 0.176. The maximum Gasteiger partial charge on any atom is 0.377 e. The molecule has 1 aromatic heterocycles. The van der Waals surface area contributed by atoms with E-state index in [1.165, 1.54) is 37.6 Å². The van der Waals surface area contributed by atoms with Crippen molar-refractivity contribution in [3.05, 3.63) is 52.1 Å². The van der Waals surface area contributed by atoms with Gasteiger partial charge in [0, 0.05) is 18.4 Å². The maximum atomic E-state index is 13.3. The van der Waals surface area contributed by atoms with Crippen molar-refractivity contribution in [3.8, 4) is 6.07 Å². The highest BCUT2D eigenvalue weighted by molar-refractivity contribution is 6.40. The molecule has 2 N–H and O–H groups in total. The van der Waals surface area contributed by atoms with Crippen LogP contribution >= 0.6 is 0 Å². The van der Waals surface area contributed by atoms with Crippen molar-refractivity contribution in [2.75, 3.05) is 5.32 Å². The number of carbonyl (C=O) groups excluding carboxylic acids is 2. The van der Waals surface area contributed by atoms with Gasteiger partial charge in [-0.2, -0.15) is 5.26 Å². The smallest absolute Gasteiger partial charge is 0.377 e. The average Bonchev–Trinajstić information content (AvgIpc) is 2.78. The Labute approximate surface area is 142 Å². The molecule has 8 heteroatoms. The number of carbonyl (C=O) groups is 3. The lowest BCUT2D eigenvalue weighted by Crippen LogP contribution is -2.17. The molecule has 1 amide bonds. The van der Waals surface area contributed by atoms with Gasteiger partial charge in [0.1, 0.15) is 17.6 Å². The molecule has 2 aromatic rings. The van der Waals surface area contributed by atoms with E-state index in [-0.39, 0.29) is 28.1 Å². The Morgan fingerprint density at radius 1 is 1.28 bits per heavy atom. The van der Waals surface area contributed by atoms with Gasteiger partial charge in [-0.05, 0) is 37.6 Å². The number of aromatic nitrogens is 1. The predicted octanol–water partition coefficient (Wildman–Crippen LogP) is 2.17. The van der Waals surface area contributed by atoms with E-state index in [2.05, 4.69) is 5.32 Å². The first-order chi connectivity index (χ1) is 11.7. The molecule has 1 heterocycles. The van der Waals surface area contributed by atoms with Crippen molar-refractivity contribution in [1.29, 1.82) is 5.26 Å².